The van der Waals surface area contributed by atoms with E-state index in [0.29, 0.717) is 5.69 Å². The average Bonchev–Trinajstić information content (AvgIpc) is 2.94. The zero-order valence-corrected chi connectivity index (χ0v) is 12.6. The second kappa shape index (κ2) is 7.11. The first-order chi connectivity index (χ1) is 10.0. The first kappa shape index (κ1) is 15.4. The molecule has 0 bridgehead atoms. The number of hydrogen-bond donors (Lipinski definition) is 3. The van der Waals surface area contributed by atoms with Gasteiger partial charge in [-0.3, -0.25) is 4.79 Å². The van der Waals surface area contributed by atoms with Crippen LogP contribution in [0.3, 0.4) is 0 Å². The van der Waals surface area contributed by atoms with E-state index in [1.54, 1.807) is 6.92 Å². The van der Waals surface area contributed by atoms with Crippen LogP contribution in [0.5, 0.6) is 0 Å². The van der Waals surface area contributed by atoms with E-state index >= 15 is 0 Å². The molecule has 5 heteroatoms. The van der Waals surface area contributed by atoms with Gasteiger partial charge in [-0.1, -0.05) is 30.5 Å². The van der Waals surface area contributed by atoms with Gasteiger partial charge < -0.3 is 16.0 Å². The molecule has 1 aliphatic carbocycles. The molecule has 0 saturated heterocycles. The second-order valence-electron chi connectivity index (χ2n) is 5.68. The molecule has 1 aliphatic rings. The molecule has 3 amide bonds. The van der Waals surface area contributed by atoms with Gasteiger partial charge in [-0.05, 0) is 38.8 Å². The summed E-state index contributed by atoms with van der Waals surface area (Å²) in [5.41, 5.74) is 1.84. The van der Waals surface area contributed by atoms with Crippen LogP contribution in [0.25, 0.3) is 0 Å². The molecule has 0 heterocycles. The maximum Gasteiger partial charge on any atom is 0.319 e. The molecule has 21 heavy (non-hydrogen) atoms. The van der Waals surface area contributed by atoms with Gasteiger partial charge in [-0.2, -0.15) is 0 Å². The first-order valence-electron chi connectivity index (χ1n) is 7.49. The molecule has 0 radical (unpaired) electrons. The molecule has 0 spiro atoms. The summed E-state index contributed by atoms with van der Waals surface area (Å²) in [6, 6.07) is 6.86. The standard InChI is InChI=1S/C16H23N3O2/c1-11-7-9-14(10-8-11)19-16(21)17-12(2)15(20)18-13-5-3-4-6-13/h7-10,12-13H,3-6H2,1-2H3,(H,18,20)(H2,17,19,21)/t12-/m0/s1. The highest BCUT2D eigenvalue weighted by molar-refractivity contribution is 5.93. The van der Waals surface area contributed by atoms with Gasteiger partial charge in [-0.25, -0.2) is 4.79 Å². The lowest BCUT2D eigenvalue weighted by molar-refractivity contribution is -0.123. The van der Waals surface area contributed by atoms with Gasteiger partial charge in [0.1, 0.15) is 6.04 Å². The molecule has 1 aromatic carbocycles. The second-order valence-corrected chi connectivity index (χ2v) is 5.68. The number of aryl methyl sites for hydroxylation is 1. The quantitative estimate of drug-likeness (QED) is 0.797. The minimum Gasteiger partial charge on any atom is -0.352 e. The summed E-state index contributed by atoms with van der Waals surface area (Å²) >= 11 is 0. The van der Waals surface area contributed by atoms with Crippen LogP contribution in [0, 0.1) is 6.92 Å². The number of amides is 3. The first-order valence-corrected chi connectivity index (χ1v) is 7.49. The molecule has 1 aromatic rings. The Labute approximate surface area is 125 Å². The Morgan fingerprint density at radius 3 is 2.38 bits per heavy atom. The minimum absolute atomic E-state index is 0.124. The summed E-state index contributed by atoms with van der Waals surface area (Å²) in [7, 11) is 0. The van der Waals surface area contributed by atoms with Crippen molar-refractivity contribution >= 4 is 17.6 Å². The highest BCUT2D eigenvalue weighted by Gasteiger charge is 2.21. The fraction of sp³-hybridized carbons (Fsp3) is 0.500. The number of rotatable bonds is 4. The molecule has 5 nitrogen and oxygen atoms in total. The number of benzene rings is 1. The van der Waals surface area contributed by atoms with E-state index in [0.717, 1.165) is 18.4 Å². The minimum atomic E-state index is -0.545. The molecular weight excluding hydrogens is 266 g/mol. The lowest BCUT2D eigenvalue weighted by Crippen LogP contribution is -2.48. The van der Waals surface area contributed by atoms with Crippen LogP contribution in [-0.4, -0.2) is 24.0 Å². The number of carbonyl (C=O) groups is 2. The van der Waals surface area contributed by atoms with E-state index in [-0.39, 0.29) is 18.0 Å². The van der Waals surface area contributed by atoms with Crippen molar-refractivity contribution < 1.29 is 9.59 Å². The van der Waals surface area contributed by atoms with Gasteiger partial charge in [0, 0.05) is 11.7 Å². The van der Waals surface area contributed by atoms with Crippen LogP contribution in [-0.2, 0) is 4.79 Å². The molecule has 0 aromatic heterocycles. The Morgan fingerprint density at radius 2 is 1.76 bits per heavy atom. The van der Waals surface area contributed by atoms with Gasteiger partial charge in [0.15, 0.2) is 0 Å². The van der Waals surface area contributed by atoms with Crippen molar-refractivity contribution in [2.24, 2.45) is 0 Å². The fourth-order valence-electron chi connectivity index (χ4n) is 2.46. The number of hydrogen-bond acceptors (Lipinski definition) is 2. The summed E-state index contributed by atoms with van der Waals surface area (Å²) in [5, 5.41) is 8.35. The molecule has 2 rings (SSSR count). The Hall–Kier alpha value is -2.04. The van der Waals surface area contributed by atoms with Crippen molar-refractivity contribution in [2.75, 3.05) is 5.32 Å². The summed E-state index contributed by atoms with van der Waals surface area (Å²) in [6.45, 7) is 3.68. The molecule has 1 fully saturated rings. The van der Waals surface area contributed by atoms with Crippen molar-refractivity contribution in [2.45, 2.75) is 51.6 Å². The normalized spacial score (nSPS) is 16.3. The molecule has 0 aliphatic heterocycles. The third-order valence-corrected chi connectivity index (χ3v) is 3.75. The molecule has 1 saturated carbocycles. The van der Waals surface area contributed by atoms with E-state index in [1.165, 1.54) is 12.8 Å². The molecule has 114 valence electrons. The topological polar surface area (TPSA) is 70.2 Å². The van der Waals surface area contributed by atoms with E-state index in [9.17, 15) is 9.59 Å². The van der Waals surface area contributed by atoms with Crippen LogP contribution < -0.4 is 16.0 Å². The molecular formula is C16H23N3O2. The van der Waals surface area contributed by atoms with Crippen molar-refractivity contribution in [1.82, 2.24) is 10.6 Å². The van der Waals surface area contributed by atoms with E-state index in [4.69, 9.17) is 0 Å². The Bertz CT molecular complexity index is 493. The van der Waals surface area contributed by atoms with E-state index < -0.39 is 6.04 Å². The van der Waals surface area contributed by atoms with Gasteiger partial charge in [-0.15, -0.1) is 0 Å². The molecule has 1 atom stereocenters. The van der Waals surface area contributed by atoms with Crippen LogP contribution in [0.2, 0.25) is 0 Å². The summed E-state index contributed by atoms with van der Waals surface area (Å²) < 4.78 is 0. The maximum atomic E-state index is 12.0. The Balaban J connectivity index is 1.78. The predicted molar refractivity (Wildman–Crippen MR) is 83.2 cm³/mol. The third kappa shape index (κ3) is 4.77. The smallest absolute Gasteiger partial charge is 0.319 e. The summed E-state index contributed by atoms with van der Waals surface area (Å²) in [4.78, 5) is 23.8. The van der Waals surface area contributed by atoms with E-state index in [1.807, 2.05) is 31.2 Å². The molecule has 0 unspecified atom stereocenters. The maximum absolute atomic E-state index is 12.0. The average molecular weight is 289 g/mol. The lowest BCUT2D eigenvalue weighted by Gasteiger charge is -2.18. The lowest BCUT2D eigenvalue weighted by atomic mass is 10.2. The third-order valence-electron chi connectivity index (χ3n) is 3.75. The highest BCUT2D eigenvalue weighted by atomic mass is 16.2. The Morgan fingerprint density at radius 1 is 1.14 bits per heavy atom. The zero-order chi connectivity index (χ0) is 15.2. The number of nitrogens with one attached hydrogen (secondary N) is 3. The highest BCUT2D eigenvalue weighted by Crippen LogP contribution is 2.17. The monoisotopic (exact) mass is 289 g/mol. The van der Waals surface area contributed by atoms with Crippen LogP contribution in [0.1, 0.15) is 38.2 Å². The Kier molecular flexibility index (Phi) is 5.20. The predicted octanol–water partition coefficient (Wildman–Crippen LogP) is 2.56. The van der Waals surface area contributed by atoms with Crippen molar-refractivity contribution in [3.8, 4) is 0 Å². The van der Waals surface area contributed by atoms with Crippen molar-refractivity contribution in [3.05, 3.63) is 29.8 Å². The largest absolute Gasteiger partial charge is 0.352 e. The summed E-state index contributed by atoms with van der Waals surface area (Å²) in [6.07, 6.45) is 4.41. The van der Waals surface area contributed by atoms with Crippen LogP contribution in [0.4, 0.5) is 10.5 Å². The van der Waals surface area contributed by atoms with Crippen LogP contribution in [0.15, 0.2) is 24.3 Å². The van der Waals surface area contributed by atoms with Crippen molar-refractivity contribution in [3.63, 3.8) is 0 Å². The zero-order valence-electron chi connectivity index (χ0n) is 12.6. The van der Waals surface area contributed by atoms with Crippen LogP contribution >= 0.6 is 0 Å². The van der Waals surface area contributed by atoms with Gasteiger partial charge >= 0.3 is 6.03 Å². The SMILES string of the molecule is Cc1ccc(NC(=O)N[C@@H](C)C(=O)NC2CCCC2)cc1. The van der Waals surface area contributed by atoms with Gasteiger partial charge in [0.25, 0.3) is 0 Å². The van der Waals surface area contributed by atoms with Gasteiger partial charge in [0.2, 0.25) is 5.91 Å². The van der Waals surface area contributed by atoms with E-state index in [2.05, 4.69) is 16.0 Å². The van der Waals surface area contributed by atoms with Gasteiger partial charge in [0.05, 0.1) is 0 Å². The summed E-state index contributed by atoms with van der Waals surface area (Å²) in [5.74, 6) is -0.124. The molecule has 3 N–H and O–H groups in total. The number of carbonyl (C=O) groups excluding carboxylic acids is 2. The fourth-order valence-corrected chi connectivity index (χ4v) is 2.46. The number of urea groups is 1. The number of anilines is 1. The van der Waals surface area contributed by atoms with Crippen molar-refractivity contribution in [1.29, 1.82) is 0 Å².